The lowest BCUT2D eigenvalue weighted by molar-refractivity contribution is 0.101. The van der Waals surface area contributed by atoms with E-state index in [1.165, 1.54) is 11.8 Å². The number of aryl methyl sites for hydroxylation is 2. The molecule has 0 aliphatic heterocycles. The van der Waals surface area contributed by atoms with Crippen LogP contribution in [0, 0.1) is 6.92 Å². The molecule has 0 saturated carbocycles. The second kappa shape index (κ2) is 6.43. The third-order valence-corrected chi connectivity index (χ3v) is 4.47. The summed E-state index contributed by atoms with van der Waals surface area (Å²) in [5, 5.41) is 15.4. The Morgan fingerprint density at radius 2 is 2.22 bits per heavy atom. The SMILES string of the molecule is Cc1cc(C(=O)Nc2ccc(Sc3nncn3C)c(Cl)c2)no1. The number of carbonyl (C=O) groups is 1. The molecule has 9 heteroatoms. The van der Waals surface area contributed by atoms with Crippen molar-refractivity contribution in [3.63, 3.8) is 0 Å². The van der Waals surface area contributed by atoms with E-state index in [9.17, 15) is 4.79 Å². The molecule has 0 aliphatic carbocycles. The van der Waals surface area contributed by atoms with Crippen LogP contribution >= 0.6 is 23.4 Å². The molecule has 0 aliphatic rings. The fourth-order valence-electron chi connectivity index (χ4n) is 1.79. The van der Waals surface area contributed by atoms with Gasteiger partial charge in [0.1, 0.15) is 12.1 Å². The van der Waals surface area contributed by atoms with E-state index in [0.29, 0.717) is 16.5 Å². The Kier molecular flexibility index (Phi) is 4.35. The van der Waals surface area contributed by atoms with Gasteiger partial charge in [0.2, 0.25) is 0 Å². The molecule has 1 N–H and O–H groups in total. The third-order valence-electron chi connectivity index (χ3n) is 2.92. The predicted molar refractivity (Wildman–Crippen MR) is 85.8 cm³/mol. The molecule has 0 atom stereocenters. The summed E-state index contributed by atoms with van der Waals surface area (Å²) in [5.74, 6) is 0.218. The molecule has 7 nitrogen and oxygen atoms in total. The quantitative estimate of drug-likeness (QED) is 0.778. The number of anilines is 1. The summed E-state index contributed by atoms with van der Waals surface area (Å²) in [4.78, 5) is 12.8. The molecule has 23 heavy (non-hydrogen) atoms. The number of aromatic nitrogens is 4. The fourth-order valence-corrected chi connectivity index (χ4v) is 2.86. The Morgan fingerprint density at radius 3 is 2.83 bits per heavy atom. The van der Waals surface area contributed by atoms with Crippen LogP contribution in [0.4, 0.5) is 5.69 Å². The van der Waals surface area contributed by atoms with E-state index < -0.39 is 0 Å². The van der Waals surface area contributed by atoms with E-state index in [0.717, 1.165) is 10.1 Å². The minimum atomic E-state index is -0.355. The summed E-state index contributed by atoms with van der Waals surface area (Å²) in [6.45, 7) is 1.72. The van der Waals surface area contributed by atoms with Crippen molar-refractivity contribution < 1.29 is 9.32 Å². The van der Waals surface area contributed by atoms with Gasteiger partial charge in [0.05, 0.1) is 5.02 Å². The van der Waals surface area contributed by atoms with Gasteiger partial charge in [-0.05, 0) is 36.9 Å². The van der Waals surface area contributed by atoms with Crippen LogP contribution in [0.3, 0.4) is 0 Å². The first kappa shape index (κ1) is 15.6. The molecule has 3 aromatic rings. The first-order valence-electron chi connectivity index (χ1n) is 6.59. The standard InChI is InChI=1S/C14H12ClN5O2S/c1-8-5-11(19-22-8)13(21)17-9-3-4-12(10(15)6-9)23-14-18-16-7-20(14)2/h3-7H,1-2H3,(H,17,21). The van der Waals surface area contributed by atoms with Crippen molar-refractivity contribution in [1.29, 1.82) is 0 Å². The minimum Gasteiger partial charge on any atom is -0.361 e. The van der Waals surface area contributed by atoms with Crippen LogP contribution in [-0.2, 0) is 7.05 Å². The van der Waals surface area contributed by atoms with Crippen molar-refractivity contribution >= 4 is 35.0 Å². The van der Waals surface area contributed by atoms with E-state index >= 15 is 0 Å². The second-order valence-electron chi connectivity index (χ2n) is 4.75. The molecule has 0 saturated heterocycles. The van der Waals surface area contributed by atoms with Crippen LogP contribution in [0.25, 0.3) is 0 Å². The van der Waals surface area contributed by atoms with Crippen LogP contribution in [0.15, 0.2) is 45.2 Å². The zero-order valence-electron chi connectivity index (χ0n) is 12.3. The fraction of sp³-hybridized carbons (Fsp3) is 0.143. The van der Waals surface area contributed by atoms with E-state index in [-0.39, 0.29) is 11.6 Å². The second-order valence-corrected chi connectivity index (χ2v) is 6.16. The topological polar surface area (TPSA) is 85.8 Å². The largest absolute Gasteiger partial charge is 0.361 e. The van der Waals surface area contributed by atoms with Crippen LogP contribution in [0.5, 0.6) is 0 Å². The van der Waals surface area contributed by atoms with Gasteiger partial charge in [-0.1, -0.05) is 16.8 Å². The van der Waals surface area contributed by atoms with Crippen LogP contribution < -0.4 is 5.32 Å². The van der Waals surface area contributed by atoms with Gasteiger partial charge >= 0.3 is 0 Å². The Hall–Kier alpha value is -2.32. The lowest BCUT2D eigenvalue weighted by Gasteiger charge is -2.07. The molecule has 1 aromatic carbocycles. The Balaban J connectivity index is 1.74. The number of carbonyl (C=O) groups excluding carboxylic acids is 1. The molecule has 3 rings (SSSR count). The van der Waals surface area contributed by atoms with Crippen molar-refractivity contribution in [3.8, 4) is 0 Å². The van der Waals surface area contributed by atoms with Gasteiger partial charge in [-0.3, -0.25) is 4.79 Å². The maximum atomic E-state index is 12.0. The molecule has 118 valence electrons. The van der Waals surface area contributed by atoms with E-state index in [2.05, 4.69) is 20.7 Å². The Labute approximate surface area is 141 Å². The highest BCUT2D eigenvalue weighted by molar-refractivity contribution is 7.99. The maximum Gasteiger partial charge on any atom is 0.277 e. The summed E-state index contributed by atoms with van der Waals surface area (Å²) in [6.07, 6.45) is 1.62. The Morgan fingerprint density at radius 1 is 1.39 bits per heavy atom. The summed E-state index contributed by atoms with van der Waals surface area (Å²) in [6, 6.07) is 6.81. The highest BCUT2D eigenvalue weighted by Crippen LogP contribution is 2.33. The minimum absolute atomic E-state index is 0.219. The normalized spacial score (nSPS) is 10.7. The first-order valence-corrected chi connectivity index (χ1v) is 7.78. The number of hydrogen-bond donors (Lipinski definition) is 1. The lowest BCUT2D eigenvalue weighted by Crippen LogP contribution is -2.12. The number of nitrogens with zero attached hydrogens (tertiary/aromatic N) is 4. The van der Waals surface area contributed by atoms with Crippen LogP contribution in [-0.4, -0.2) is 25.8 Å². The summed E-state index contributed by atoms with van der Waals surface area (Å²) in [7, 11) is 1.85. The van der Waals surface area contributed by atoms with Gasteiger partial charge in [0, 0.05) is 23.7 Å². The predicted octanol–water partition coefficient (Wildman–Crippen LogP) is 3.17. The number of amides is 1. The molecule has 0 unspecified atom stereocenters. The Bertz CT molecular complexity index is 860. The molecule has 1 amide bonds. The van der Waals surface area contributed by atoms with Gasteiger partial charge in [0.15, 0.2) is 10.9 Å². The van der Waals surface area contributed by atoms with Gasteiger partial charge in [-0.25, -0.2) is 0 Å². The van der Waals surface area contributed by atoms with Gasteiger partial charge in [-0.2, -0.15) is 0 Å². The number of halogens is 1. The van der Waals surface area contributed by atoms with E-state index in [1.54, 1.807) is 36.0 Å². The number of rotatable bonds is 4. The summed E-state index contributed by atoms with van der Waals surface area (Å²) >= 11 is 7.66. The smallest absolute Gasteiger partial charge is 0.277 e. The maximum absolute atomic E-state index is 12.0. The van der Waals surface area contributed by atoms with Crippen molar-refractivity contribution in [2.45, 2.75) is 17.0 Å². The number of hydrogen-bond acceptors (Lipinski definition) is 6. The molecular formula is C14H12ClN5O2S. The first-order chi connectivity index (χ1) is 11.0. The van der Waals surface area contributed by atoms with Gasteiger partial charge in [-0.15, -0.1) is 10.2 Å². The summed E-state index contributed by atoms with van der Waals surface area (Å²) in [5.41, 5.74) is 0.791. The molecule has 2 aromatic heterocycles. The third kappa shape index (κ3) is 3.54. The molecule has 0 fully saturated rings. The van der Waals surface area contributed by atoms with Gasteiger partial charge in [0.25, 0.3) is 5.91 Å². The number of benzene rings is 1. The van der Waals surface area contributed by atoms with Crippen molar-refractivity contribution in [2.75, 3.05) is 5.32 Å². The lowest BCUT2D eigenvalue weighted by atomic mass is 10.3. The number of nitrogens with one attached hydrogen (secondary N) is 1. The highest BCUT2D eigenvalue weighted by Gasteiger charge is 2.13. The average Bonchev–Trinajstić information content (AvgIpc) is 3.11. The molecule has 0 spiro atoms. The van der Waals surface area contributed by atoms with Crippen molar-refractivity contribution in [2.24, 2.45) is 7.05 Å². The monoisotopic (exact) mass is 349 g/mol. The molecule has 2 heterocycles. The zero-order valence-corrected chi connectivity index (χ0v) is 13.9. The summed E-state index contributed by atoms with van der Waals surface area (Å²) < 4.78 is 6.68. The van der Waals surface area contributed by atoms with E-state index in [1.807, 2.05) is 13.1 Å². The molecule has 0 bridgehead atoms. The van der Waals surface area contributed by atoms with E-state index in [4.69, 9.17) is 16.1 Å². The van der Waals surface area contributed by atoms with Crippen LogP contribution in [0.1, 0.15) is 16.2 Å². The average molecular weight is 350 g/mol. The molecular weight excluding hydrogens is 338 g/mol. The molecule has 0 radical (unpaired) electrons. The zero-order chi connectivity index (χ0) is 16.4. The highest BCUT2D eigenvalue weighted by atomic mass is 35.5. The van der Waals surface area contributed by atoms with Gasteiger partial charge < -0.3 is 14.4 Å². The van der Waals surface area contributed by atoms with Crippen molar-refractivity contribution in [3.05, 3.63) is 47.1 Å². The van der Waals surface area contributed by atoms with Crippen molar-refractivity contribution in [1.82, 2.24) is 19.9 Å². The van der Waals surface area contributed by atoms with Crippen LogP contribution in [0.2, 0.25) is 5.02 Å².